The number of benzene rings is 1. The molecule has 100 valence electrons. The smallest absolute Gasteiger partial charge is 0.159 e. The topological polar surface area (TPSA) is 51.8 Å². The molecule has 1 heterocycles. The summed E-state index contributed by atoms with van der Waals surface area (Å²) in [6, 6.07) is 8.47. The van der Waals surface area contributed by atoms with Gasteiger partial charge in [0, 0.05) is 29.1 Å². The summed E-state index contributed by atoms with van der Waals surface area (Å²) >= 11 is 0. The highest BCUT2D eigenvalue weighted by Gasteiger charge is 2.09. The van der Waals surface area contributed by atoms with E-state index in [0.29, 0.717) is 12.5 Å². The highest BCUT2D eigenvalue weighted by molar-refractivity contribution is 5.56. The molecule has 0 aliphatic heterocycles. The van der Waals surface area contributed by atoms with Crippen molar-refractivity contribution in [2.24, 2.45) is 5.73 Å². The molecule has 2 rings (SSSR count). The van der Waals surface area contributed by atoms with Crippen molar-refractivity contribution in [1.82, 2.24) is 9.97 Å². The Morgan fingerprint density at radius 1 is 1.00 bits per heavy atom. The first-order valence-corrected chi connectivity index (χ1v) is 6.67. The van der Waals surface area contributed by atoms with Gasteiger partial charge in [0.05, 0.1) is 0 Å². The van der Waals surface area contributed by atoms with E-state index >= 15 is 0 Å². The van der Waals surface area contributed by atoms with Gasteiger partial charge < -0.3 is 5.73 Å². The average Bonchev–Trinajstić information content (AvgIpc) is 2.38. The average molecular weight is 255 g/mol. The molecular formula is C16H21N3. The van der Waals surface area contributed by atoms with Crippen LogP contribution in [0, 0.1) is 13.8 Å². The van der Waals surface area contributed by atoms with E-state index in [-0.39, 0.29) is 0 Å². The Morgan fingerprint density at radius 3 is 1.95 bits per heavy atom. The van der Waals surface area contributed by atoms with Crippen LogP contribution in [0.5, 0.6) is 0 Å². The Morgan fingerprint density at radius 2 is 1.53 bits per heavy atom. The van der Waals surface area contributed by atoms with Gasteiger partial charge in [0.1, 0.15) is 0 Å². The molecule has 3 heteroatoms. The van der Waals surface area contributed by atoms with Crippen molar-refractivity contribution in [3.8, 4) is 11.4 Å². The van der Waals surface area contributed by atoms with Crippen LogP contribution < -0.4 is 5.73 Å². The Kier molecular flexibility index (Phi) is 3.96. The fourth-order valence-corrected chi connectivity index (χ4v) is 2.18. The zero-order valence-electron chi connectivity index (χ0n) is 12.1. The summed E-state index contributed by atoms with van der Waals surface area (Å²) in [7, 11) is 0. The second-order valence-corrected chi connectivity index (χ2v) is 5.18. The van der Waals surface area contributed by atoms with Gasteiger partial charge in [-0.25, -0.2) is 9.97 Å². The van der Waals surface area contributed by atoms with Crippen LogP contribution in [-0.2, 0) is 6.54 Å². The van der Waals surface area contributed by atoms with Gasteiger partial charge in [0.25, 0.3) is 0 Å². The van der Waals surface area contributed by atoms with Crippen molar-refractivity contribution in [2.45, 2.75) is 40.2 Å². The fourth-order valence-electron chi connectivity index (χ4n) is 2.18. The minimum absolute atomic E-state index is 0.490. The SMILES string of the molecule is Cc1nc(-c2ccc(C(C)C)cc2)nc(C)c1CN. The summed E-state index contributed by atoms with van der Waals surface area (Å²) in [5.41, 5.74) is 11.1. The first-order chi connectivity index (χ1) is 9.02. The number of rotatable bonds is 3. The molecule has 0 fully saturated rings. The van der Waals surface area contributed by atoms with E-state index < -0.39 is 0 Å². The quantitative estimate of drug-likeness (QED) is 0.915. The normalized spacial score (nSPS) is 11.1. The van der Waals surface area contributed by atoms with Gasteiger partial charge in [0.15, 0.2) is 5.82 Å². The van der Waals surface area contributed by atoms with Gasteiger partial charge in [-0.3, -0.25) is 0 Å². The summed E-state index contributed by atoms with van der Waals surface area (Å²) in [6.07, 6.45) is 0. The molecule has 0 aliphatic rings. The van der Waals surface area contributed by atoms with Gasteiger partial charge in [0.2, 0.25) is 0 Å². The van der Waals surface area contributed by atoms with Crippen LogP contribution in [-0.4, -0.2) is 9.97 Å². The first-order valence-electron chi connectivity index (χ1n) is 6.67. The molecule has 0 unspecified atom stereocenters. The number of hydrogen-bond acceptors (Lipinski definition) is 3. The Balaban J connectivity index is 2.42. The largest absolute Gasteiger partial charge is 0.326 e. The standard InChI is InChI=1S/C16H21N3/c1-10(2)13-5-7-14(8-6-13)16-18-11(3)15(9-17)12(4)19-16/h5-8,10H,9,17H2,1-4H3. The lowest BCUT2D eigenvalue weighted by atomic mass is 10.0. The van der Waals surface area contributed by atoms with Crippen molar-refractivity contribution in [2.75, 3.05) is 0 Å². The molecule has 1 aromatic carbocycles. The minimum atomic E-state index is 0.490. The van der Waals surface area contributed by atoms with Crippen LogP contribution in [0.25, 0.3) is 11.4 Å². The number of aromatic nitrogens is 2. The minimum Gasteiger partial charge on any atom is -0.326 e. The van der Waals surface area contributed by atoms with E-state index in [2.05, 4.69) is 48.1 Å². The van der Waals surface area contributed by atoms with E-state index in [9.17, 15) is 0 Å². The number of aryl methyl sites for hydroxylation is 2. The molecule has 1 aromatic heterocycles. The van der Waals surface area contributed by atoms with Gasteiger partial charge in [-0.1, -0.05) is 38.1 Å². The van der Waals surface area contributed by atoms with Crippen LogP contribution in [0.2, 0.25) is 0 Å². The van der Waals surface area contributed by atoms with Crippen molar-refractivity contribution >= 4 is 0 Å². The van der Waals surface area contributed by atoms with Crippen molar-refractivity contribution in [3.05, 3.63) is 46.8 Å². The van der Waals surface area contributed by atoms with Gasteiger partial charge in [-0.2, -0.15) is 0 Å². The van der Waals surface area contributed by atoms with E-state index in [0.717, 1.165) is 28.3 Å². The molecule has 2 N–H and O–H groups in total. The lowest BCUT2D eigenvalue weighted by Gasteiger charge is -2.10. The summed E-state index contributed by atoms with van der Waals surface area (Å²) in [4.78, 5) is 9.12. The monoisotopic (exact) mass is 255 g/mol. The zero-order chi connectivity index (χ0) is 14.0. The molecule has 0 bridgehead atoms. The van der Waals surface area contributed by atoms with Crippen LogP contribution in [0.3, 0.4) is 0 Å². The Bertz CT molecular complexity index is 548. The van der Waals surface area contributed by atoms with E-state index in [1.165, 1.54) is 5.56 Å². The van der Waals surface area contributed by atoms with Crippen molar-refractivity contribution in [3.63, 3.8) is 0 Å². The van der Waals surface area contributed by atoms with Gasteiger partial charge >= 0.3 is 0 Å². The molecule has 2 aromatic rings. The molecule has 0 saturated carbocycles. The molecule has 0 spiro atoms. The zero-order valence-corrected chi connectivity index (χ0v) is 12.1. The molecule has 0 aliphatic carbocycles. The molecule has 3 nitrogen and oxygen atoms in total. The predicted octanol–water partition coefficient (Wildman–Crippen LogP) is 3.34. The van der Waals surface area contributed by atoms with Crippen LogP contribution >= 0.6 is 0 Å². The summed E-state index contributed by atoms with van der Waals surface area (Å²) in [5.74, 6) is 1.32. The van der Waals surface area contributed by atoms with Crippen molar-refractivity contribution < 1.29 is 0 Å². The third-order valence-electron chi connectivity index (χ3n) is 3.46. The lowest BCUT2D eigenvalue weighted by Crippen LogP contribution is -2.07. The lowest BCUT2D eigenvalue weighted by molar-refractivity contribution is 0.866. The van der Waals surface area contributed by atoms with Gasteiger partial charge in [-0.15, -0.1) is 0 Å². The molecule has 19 heavy (non-hydrogen) atoms. The second-order valence-electron chi connectivity index (χ2n) is 5.18. The highest BCUT2D eigenvalue weighted by Crippen LogP contribution is 2.21. The third kappa shape index (κ3) is 2.82. The number of nitrogens with two attached hydrogens (primary N) is 1. The molecule has 0 amide bonds. The van der Waals surface area contributed by atoms with E-state index in [4.69, 9.17) is 5.73 Å². The molecular weight excluding hydrogens is 234 g/mol. The van der Waals surface area contributed by atoms with E-state index in [1.54, 1.807) is 0 Å². The molecule has 0 radical (unpaired) electrons. The number of hydrogen-bond donors (Lipinski definition) is 1. The maximum Gasteiger partial charge on any atom is 0.159 e. The summed E-state index contributed by atoms with van der Waals surface area (Å²) < 4.78 is 0. The number of nitrogens with zero attached hydrogens (tertiary/aromatic N) is 2. The van der Waals surface area contributed by atoms with Crippen LogP contribution in [0.4, 0.5) is 0 Å². The molecule has 0 saturated heterocycles. The Hall–Kier alpha value is -1.74. The Labute approximate surface area is 114 Å². The summed E-state index contributed by atoms with van der Waals surface area (Å²) in [6.45, 7) is 8.85. The van der Waals surface area contributed by atoms with Gasteiger partial charge in [-0.05, 0) is 25.3 Å². The second kappa shape index (κ2) is 5.49. The van der Waals surface area contributed by atoms with Crippen LogP contribution in [0.15, 0.2) is 24.3 Å². The first kappa shape index (κ1) is 13.7. The maximum atomic E-state index is 5.71. The molecule has 0 atom stereocenters. The highest BCUT2D eigenvalue weighted by atomic mass is 14.9. The van der Waals surface area contributed by atoms with Crippen molar-refractivity contribution in [1.29, 1.82) is 0 Å². The van der Waals surface area contributed by atoms with E-state index in [1.807, 2.05) is 13.8 Å². The maximum absolute atomic E-state index is 5.71. The van der Waals surface area contributed by atoms with Crippen LogP contribution in [0.1, 0.15) is 42.3 Å². The summed E-state index contributed by atoms with van der Waals surface area (Å²) in [5, 5.41) is 0. The third-order valence-corrected chi connectivity index (χ3v) is 3.46. The fraction of sp³-hybridized carbons (Fsp3) is 0.375. The predicted molar refractivity (Wildman–Crippen MR) is 78.9 cm³/mol.